The quantitative estimate of drug-likeness (QED) is 0.451. The first-order valence-electron chi connectivity index (χ1n) is 7.89. The average molecular weight is 402 g/mol. The number of ketones is 1. The van der Waals surface area contributed by atoms with E-state index in [2.05, 4.69) is 20.8 Å². The Bertz CT molecular complexity index is 960. The Morgan fingerprint density at radius 3 is 2.59 bits per heavy atom. The van der Waals surface area contributed by atoms with Crippen LogP contribution >= 0.6 is 23.1 Å². The molecule has 9 heteroatoms. The Morgan fingerprint density at radius 2 is 1.89 bits per heavy atom. The van der Waals surface area contributed by atoms with Crippen LogP contribution in [0.15, 0.2) is 52.9 Å². The molecule has 27 heavy (non-hydrogen) atoms. The van der Waals surface area contributed by atoms with Crippen LogP contribution in [-0.4, -0.2) is 27.6 Å². The highest BCUT2D eigenvalue weighted by Gasteiger charge is 2.11. The number of nitrogens with one attached hydrogen (secondary N) is 2. The molecule has 2 aromatic carbocycles. The molecule has 0 aliphatic carbocycles. The van der Waals surface area contributed by atoms with Gasteiger partial charge in [0.15, 0.2) is 10.1 Å². The lowest BCUT2D eigenvalue weighted by molar-refractivity contribution is -0.114. The van der Waals surface area contributed by atoms with E-state index in [4.69, 9.17) is 0 Å². The maximum atomic E-state index is 13.2. The minimum Gasteiger partial charge on any atom is -0.330 e. The van der Waals surface area contributed by atoms with E-state index in [1.54, 1.807) is 36.4 Å². The standard InChI is InChI=1S/C18H15FN4O2S2/c1-11(24)20-14-7-5-12(6-8-14)16(25)10-26-18-23-22-17(27-18)21-15-4-2-3-13(19)9-15/h2-9H,10H2,1H3,(H,20,24)(H,21,22). The zero-order valence-electron chi connectivity index (χ0n) is 14.2. The van der Waals surface area contributed by atoms with E-state index < -0.39 is 0 Å². The predicted octanol–water partition coefficient (Wildman–Crippen LogP) is 4.35. The third-order valence-corrected chi connectivity index (χ3v) is 5.31. The molecule has 1 aromatic heterocycles. The van der Waals surface area contributed by atoms with Crippen molar-refractivity contribution in [2.45, 2.75) is 11.3 Å². The Morgan fingerprint density at radius 1 is 1.11 bits per heavy atom. The Hall–Kier alpha value is -2.78. The van der Waals surface area contributed by atoms with E-state index >= 15 is 0 Å². The number of thioether (sulfide) groups is 1. The third-order valence-electron chi connectivity index (χ3n) is 3.34. The van der Waals surface area contributed by atoms with Gasteiger partial charge in [-0.3, -0.25) is 9.59 Å². The van der Waals surface area contributed by atoms with Crippen LogP contribution in [0, 0.1) is 5.82 Å². The van der Waals surface area contributed by atoms with E-state index in [0.717, 1.165) is 0 Å². The zero-order chi connectivity index (χ0) is 19.2. The number of amides is 1. The summed E-state index contributed by atoms with van der Waals surface area (Å²) in [5, 5.41) is 14.2. The molecule has 2 N–H and O–H groups in total. The molecular formula is C18H15FN4O2S2. The lowest BCUT2D eigenvalue weighted by Crippen LogP contribution is -2.06. The van der Waals surface area contributed by atoms with E-state index in [-0.39, 0.29) is 23.3 Å². The lowest BCUT2D eigenvalue weighted by Gasteiger charge is -2.03. The molecule has 0 saturated heterocycles. The van der Waals surface area contributed by atoms with Gasteiger partial charge in [0.2, 0.25) is 11.0 Å². The number of carbonyl (C=O) groups excluding carboxylic acids is 2. The number of rotatable bonds is 7. The number of hydrogen-bond donors (Lipinski definition) is 2. The normalized spacial score (nSPS) is 10.4. The zero-order valence-corrected chi connectivity index (χ0v) is 15.9. The molecule has 6 nitrogen and oxygen atoms in total. The Balaban J connectivity index is 1.54. The average Bonchev–Trinajstić information content (AvgIpc) is 3.07. The monoisotopic (exact) mass is 402 g/mol. The lowest BCUT2D eigenvalue weighted by atomic mass is 10.1. The van der Waals surface area contributed by atoms with Crippen molar-refractivity contribution in [3.8, 4) is 0 Å². The Labute approximate surface area is 163 Å². The van der Waals surface area contributed by atoms with Crippen LogP contribution in [0.1, 0.15) is 17.3 Å². The van der Waals surface area contributed by atoms with Crippen molar-refractivity contribution in [3.05, 3.63) is 59.9 Å². The number of Topliss-reactive ketones (excluding diaryl/α,β-unsaturated/α-hetero) is 1. The molecule has 0 atom stereocenters. The summed E-state index contributed by atoms with van der Waals surface area (Å²) < 4.78 is 13.8. The summed E-state index contributed by atoms with van der Waals surface area (Å²) >= 11 is 2.57. The van der Waals surface area contributed by atoms with Gasteiger partial charge in [0.05, 0.1) is 5.75 Å². The van der Waals surface area contributed by atoms with Crippen LogP contribution in [0.5, 0.6) is 0 Å². The molecule has 1 heterocycles. The minimum absolute atomic E-state index is 0.0517. The number of anilines is 3. The second kappa shape index (κ2) is 8.74. The van der Waals surface area contributed by atoms with Crippen molar-refractivity contribution in [1.82, 2.24) is 10.2 Å². The summed E-state index contributed by atoms with van der Waals surface area (Å²) in [4.78, 5) is 23.3. The number of halogens is 1. The van der Waals surface area contributed by atoms with Gasteiger partial charge in [-0.25, -0.2) is 4.39 Å². The maximum Gasteiger partial charge on any atom is 0.221 e. The molecule has 0 saturated carbocycles. The molecule has 1 amide bonds. The number of aromatic nitrogens is 2. The molecule has 3 aromatic rings. The number of nitrogens with zero attached hydrogens (tertiary/aromatic N) is 2. The van der Waals surface area contributed by atoms with Crippen LogP contribution in [0.25, 0.3) is 0 Å². The first-order valence-corrected chi connectivity index (χ1v) is 9.69. The highest BCUT2D eigenvalue weighted by atomic mass is 32.2. The van der Waals surface area contributed by atoms with E-state index in [1.165, 1.54) is 42.2 Å². The van der Waals surface area contributed by atoms with Crippen molar-refractivity contribution >= 4 is 51.3 Å². The largest absolute Gasteiger partial charge is 0.330 e. The van der Waals surface area contributed by atoms with Gasteiger partial charge >= 0.3 is 0 Å². The van der Waals surface area contributed by atoms with Crippen molar-refractivity contribution in [2.24, 2.45) is 0 Å². The number of carbonyl (C=O) groups is 2. The smallest absolute Gasteiger partial charge is 0.221 e. The SMILES string of the molecule is CC(=O)Nc1ccc(C(=O)CSc2nnc(Nc3cccc(F)c3)s2)cc1. The van der Waals surface area contributed by atoms with Crippen molar-refractivity contribution in [3.63, 3.8) is 0 Å². The second-order valence-corrected chi connectivity index (χ2v) is 7.68. The molecule has 0 aliphatic rings. The van der Waals surface area contributed by atoms with Gasteiger partial charge < -0.3 is 10.6 Å². The fraction of sp³-hybridized carbons (Fsp3) is 0.111. The highest BCUT2D eigenvalue weighted by molar-refractivity contribution is 8.01. The third kappa shape index (κ3) is 5.60. The molecule has 138 valence electrons. The summed E-state index contributed by atoms with van der Waals surface area (Å²) in [5.74, 6) is -0.337. The summed E-state index contributed by atoms with van der Waals surface area (Å²) in [6, 6.07) is 12.8. The van der Waals surface area contributed by atoms with Crippen molar-refractivity contribution in [2.75, 3.05) is 16.4 Å². The first-order chi connectivity index (χ1) is 13.0. The van der Waals surface area contributed by atoms with Gasteiger partial charge in [0.1, 0.15) is 5.82 Å². The molecule has 0 radical (unpaired) electrons. The van der Waals surface area contributed by atoms with Gasteiger partial charge in [-0.2, -0.15) is 0 Å². The van der Waals surface area contributed by atoms with Crippen molar-refractivity contribution in [1.29, 1.82) is 0 Å². The van der Waals surface area contributed by atoms with Gasteiger partial charge in [-0.1, -0.05) is 29.2 Å². The predicted molar refractivity (Wildman–Crippen MR) is 105 cm³/mol. The van der Waals surface area contributed by atoms with Crippen LogP contribution in [0.2, 0.25) is 0 Å². The van der Waals surface area contributed by atoms with E-state index in [0.29, 0.717) is 26.4 Å². The summed E-state index contributed by atoms with van der Waals surface area (Å²) in [5.41, 5.74) is 1.78. The van der Waals surface area contributed by atoms with Crippen LogP contribution in [0.4, 0.5) is 20.9 Å². The first kappa shape index (κ1) is 19.0. The second-order valence-electron chi connectivity index (χ2n) is 5.48. The topological polar surface area (TPSA) is 84.0 Å². The highest BCUT2D eigenvalue weighted by Crippen LogP contribution is 2.28. The molecule has 0 bridgehead atoms. The maximum absolute atomic E-state index is 13.2. The van der Waals surface area contributed by atoms with Gasteiger partial charge in [-0.15, -0.1) is 10.2 Å². The molecule has 0 spiro atoms. The molecule has 0 aliphatic heterocycles. The fourth-order valence-electron chi connectivity index (χ4n) is 2.16. The van der Waals surface area contributed by atoms with E-state index in [1.807, 2.05) is 0 Å². The van der Waals surface area contributed by atoms with Gasteiger partial charge in [-0.05, 0) is 42.5 Å². The van der Waals surface area contributed by atoms with E-state index in [9.17, 15) is 14.0 Å². The Kier molecular flexibility index (Phi) is 6.15. The molecular weight excluding hydrogens is 387 g/mol. The molecule has 0 fully saturated rings. The fourth-order valence-corrected chi connectivity index (χ4v) is 3.83. The molecule has 3 rings (SSSR count). The van der Waals surface area contributed by atoms with Crippen LogP contribution in [-0.2, 0) is 4.79 Å². The number of hydrogen-bond acceptors (Lipinski definition) is 7. The molecule has 0 unspecified atom stereocenters. The summed E-state index contributed by atoms with van der Waals surface area (Å²) in [6.45, 7) is 1.43. The summed E-state index contributed by atoms with van der Waals surface area (Å²) in [7, 11) is 0. The minimum atomic E-state index is -0.339. The van der Waals surface area contributed by atoms with Gasteiger partial charge in [0.25, 0.3) is 0 Å². The van der Waals surface area contributed by atoms with Crippen LogP contribution < -0.4 is 10.6 Å². The van der Waals surface area contributed by atoms with Crippen LogP contribution in [0.3, 0.4) is 0 Å². The van der Waals surface area contributed by atoms with Crippen molar-refractivity contribution < 1.29 is 14.0 Å². The number of benzene rings is 2. The van der Waals surface area contributed by atoms with Gasteiger partial charge in [0, 0.05) is 23.9 Å². The summed E-state index contributed by atoms with van der Waals surface area (Å²) in [6.07, 6.45) is 0.